The first-order valence-corrected chi connectivity index (χ1v) is 11.3. The molecule has 1 N–H and O–H groups in total. The lowest BCUT2D eigenvalue weighted by Crippen LogP contribution is -2.48. The second-order valence-corrected chi connectivity index (χ2v) is 9.52. The van der Waals surface area contributed by atoms with Crippen LogP contribution in [-0.4, -0.2) is 65.0 Å². The summed E-state index contributed by atoms with van der Waals surface area (Å²) in [5.74, 6) is -1.80. The third-order valence-corrected chi connectivity index (χ3v) is 6.69. The van der Waals surface area contributed by atoms with Crippen LogP contribution in [0.2, 0.25) is 0 Å². The molecule has 0 spiro atoms. The van der Waals surface area contributed by atoms with Gasteiger partial charge in [-0.05, 0) is 12.1 Å². The number of alkyl halides is 3. The van der Waals surface area contributed by atoms with Gasteiger partial charge in [-0.3, -0.25) is 4.68 Å². The number of aromatic nitrogens is 3. The molecule has 0 radical (unpaired) electrons. The summed E-state index contributed by atoms with van der Waals surface area (Å²) in [6.45, 7) is 1.41. The molecule has 1 aromatic carbocycles. The van der Waals surface area contributed by atoms with Gasteiger partial charge in [-0.25, -0.2) is 17.8 Å². The summed E-state index contributed by atoms with van der Waals surface area (Å²) in [5, 5.41) is 14.2. The monoisotopic (exact) mass is 473 g/mol. The van der Waals surface area contributed by atoms with E-state index in [9.17, 15) is 31.1 Å². The number of anilines is 1. The molecule has 0 saturated carbocycles. The zero-order chi connectivity index (χ0) is 23.4. The average molecular weight is 473 g/mol. The minimum atomic E-state index is -4.77. The van der Waals surface area contributed by atoms with E-state index in [0.717, 1.165) is 6.26 Å². The van der Waals surface area contributed by atoms with Crippen LogP contribution in [-0.2, 0) is 23.2 Å². The molecule has 3 heterocycles. The molecule has 0 aliphatic carbocycles. The van der Waals surface area contributed by atoms with Crippen LogP contribution >= 0.6 is 0 Å². The van der Waals surface area contributed by atoms with Crippen LogP contribution in [0.25, 0.3) is 22.2 Å². The van der Waals surface area contributed by atoms with E-state index in [4.69, 9.17) is 0 Å². The molecule has 8 nitrogen and oxygen atoms in total. The van der Waals surface area contributed by atoms with Crippen molar-refractivity contribution in [3.05, 3.63) is 35.8 Å². The van der Waals surface area contributed by atoms with E-state index in [2.05, 4.69) is 10.1 Å². The maximum atomic E-state index is 14.5. The van der Waals surface area contributed by atoms with Gasteiger partial charge in [0.25, 0.3) is 0 Å². The number of fused-ring (bicyclic) bond motifs is 1. The Morgan fingerprint density at radius 1 is 1.09 bits per heavy atom. The number of pyridine rings is 1. The van der Waals surface area contributed by atoms with Crippen LogP contribution in [0.5, 0.6) is 5.75 Å². The van der Waals surface area contributed by atoms with Crippen LogP contribution in [0.4, 0.5) is 23.4 Å². The van der Waals surface area contributed by atoms with Crippen molar-refractivity contribution in [2.45, 2.75) is 6.18 Å². The Bertz CT molecular complexity index is 1300. The molecule has 1 saturated heterocycles. The first-order chi connectivity index (χ1) is 14.9. The topological polar surface area (TPSA) is 91.6 Å². The van der Waals surface area contributed by atoms with Crippen molar-refractivity contribution >= 4 is 26.7 Å². The van der Waals surface area contributed by atoms with Gasteiger partial charge in [-0.15, -0.1) is 0 Å². The Labute approximate surface area is 180 Å². The van der Waals surface area contributed by atoms with E-state index in [0.29, 0.717) is 55.0 Å². The Morgan fingerprint density at radius 2 is 1.75 bits per heavy atom. The predicted octanol–water partition coefficient (Wildman–Crippen LogP) is 2.58. The van der Waals surface area contributed by atoms with Crippen molar-refractivity contribution < 1.29 is 31.1 Å². The summed E-state index contributed by atoms with van der Waals surface area (Å²) in [7, 11) is -1.73. The number of phenols is 1. The average Bonchev–Trinajstić information content (AvgIpc) is 3.04. The summed E-state index contributed by atoms with van der Waals surface area (Å²) in [4.78, 5) is 6.22. The van der Waals surface area contributed by atoms with Crippen molar-refractivity contribution in [3.63, 3.8) is 0 Å². The summed E-state index contributed by atoms with van der Waals surface area (Å²) < 4.78 is 80.1. The molecule has 1 aliphatic rings. The summed E-state index contributed by atoms with van der Waals surface area (Å²) in [6.07, 6.45) is -2.24. The van der Waals surface area contributed by atoms with E-state index < -0.39 is 38.9 Å². The van der Waals surface area contributed by atoms with Crippen molar-refractivity contribution in [1.82, 2.24) is 19.1 Å². The van der Waals surface area contributed by atoms with E-state index in [-0.39, 0.29) is 5.69 Å². The fourth-order valence-corrected chi connectivity index (χ4v) is 4.53. The third kappa shape index (κ3) is 3.97. The molecule has 2 aromatic heterocycles. The second-order valence-electron chi connectivity index (χ2n) is 7.54. The molecule has 3 aromatic rings. The van der Waals surface area contributed by atoms with E-state index >= 15 is 0 Å². The number of halogens is 4. The van der Waals surface area contributed by atoms with Gasteiger partial charge in [0.2, 0.25) is 10.0 Å². The maximum absolute atomic E-state index is 14.5. The number of benzene rings is 1. The number of hydrogen-bond acceptors (Lipinski definition) is 6. The first kappa shape index (κ1) is 22.3. The molecule has 0 bridgehead atoms. The molecule has 0 amide bonds. The molecule has 1 aliphatic heterocycles. The number of piperazine rings is 1. The normalized spacial score (nSPS) is 16.1. The largest absolute Gasteiger partial charge is 0.505 e. The number of nitrogens with zero attached hydrogens (tertiary/aromatic N) is 5. The Balaban J connectivity index is 1.73. The van der Waals surface area contributed by atoms with Gasteiger partial charge in [-0.2, -0.15) is 22.6 Å². The lowest BCUT2D eigenvalue weighted by atomic mass is 10.0. The molecule has 0 unspecified atom stereocenters. The van der Waals surface area contributed by atoms with Crippen molar-refractivity contribution in [3.8, 4) is 17.0 Å². The highest BCUT2D eigenvalue weighted by Gasteiger charge is 2.33. The predicted molar refractivity (Wildman–Crippen MR) is 109 cm³/mol. The number of rotatable bonds is 3. The highest BCUT2D eigenvalue weighted by atomic mass is 32.2. The van der Waals surface area contributed by atoms with Crippen molar-refractivity contribution in [1.29, 1.82) is 0 Å². The molecule has 1 fully saturated rings. The Hall–Kier alpha value is -2.93. The van der Waals surface area contributed by atoms with Crippen LogP contribution < -0.4 is 4.90 Å². The number of sulfonamides is 1. The van der Waals surface area contributed by atoms with Gasteiger partial charge in [0.15, 0.2) is 11.6 Å². The van der Waals surface area contributed by atoms with Crippen LogP contribution in [0.3, 0.4) is 0 Å². The van der Waals surface area contributed by atoms with Gasteiger partial charge < -0.3 is 10.0 Å². The minimum Gasteiger partial charge on any atom is -0.505 e. The Kier molecular flexibility index (Phi) is 5.28. The standard InChI is InChI=1S/C19H19F4N5O3S/c1-26-14-9-16(27-3-5-28(6-4-27)32(2,30)31)24-10-13(14)18(25-26)12-7-11(19(21,22)23)8-15(29)17(12)20/h7-10,29H,3-6H2,1-2H3. The minimum absolute atomic E-state index is 0.0812. The lowest BCUT2D eigenvalue weighted by molar-refractivity contribution is -0.137. The highest BCUT2D eigenvalue weighted by molar-refractivity contribution is 7.88. The van der Waals surface area contributed by atoms with Crippen LogP contribution in [0.1, 0.15) is 5.56 Å². The van der Waals surface area contributed by atoms with Gasteiger partial charge in [0, 0.05) is 56.4 Å². The number of aryl methyl sites for hydroxylation is 1. The van der Waals surface area contributed by atoms with Gasteiger partial charge in [-0.1, -0.05) is 0 Å². The molecule has 4 rings (SSSR count). The van der Waals surface area contributed by atoms with Gasteiger partial charge >= 0.3 is 6.18 Å². The first-order valence-electron chi connectivity index (χ1n) is 9.49. The quantitative estimate of drug-likeness (QED) is 0.588. The number of hydrogen-bond donors (Lipinski definition) is 1. The maximum Gasteiger partial charge on any atom is 0.416 e. The third-order valence-electron chi connectivity index (χ3n) is 5.39. The second kappa shape index (κ2) is 7.59. The molecule has 13 heteroatoms. The molecule has 32 heavy (non-hydrogen) atoms. The smallest absolute Gasteiger partial charge is 0.416 e. The van der Waals surface area contributed by atoms with Gasteiger partial charge in [0.05, 0.1) is 17.3 Å². The van der Waals surface area contributed by atoms with Crippen LogP contribution in [0, 0.1) is 5.82 Å². The Morgan fingerprint density at radius 3 is 2.34 bits per heavy atom. The van der Waals surface area contributed by atoms with Crippen molar-refractivity contribution in [2.75, 3.05) is 37.3 Å². The van der Waals surface area contributed by atoms with Crippen LogP contribution in [0.15, 0.2) is 24.4 Å². The fraction of sp³-hybridized carbons (Fsp3) is 0.368. The molecular formula is C19H19F4N5O3S. The number of aromatic hydroxyl groups is 1. The van der Waals surface area contributed by atoms with E-state index in [1.165, 1.54) is 15.2 Å². The van der Waals surface area contributed by atoms with E-state index in [1.807, 2.05) is 4.90 Å². The molecular weight excluding hydrogens is 454 g/mol. The highest BCUT2D eigenvalue weighted by Crippen LogP contribution is 2.39. The number of phenolic OH excluding ortho intramolecular Hbond substituents is 1. The fourth-order valence-electron chi connectivity index (χ4n) is 3.71. The summed E-state index contributed by atoms with van der Waals surface area (Å²) in [6, 6.07) is 2.60. The summed E-state index contributed by atoms with van der Waals surface area (Å²) >= 11 is 0. The van der Waals surface area contributed by atoms with Crippen molar-refractivity contribution in [2.24, 2.45) is 7.05 Å². The zero-order valence-corrected chi connectivity index (χ0v) is 17.9. The summed E-state index contributed by atoms with van der Waals surface area (Å²) in [5.41, 5.74) is -1.27. The SMILES string of the molecule is Cn1nc(-c2cc(C(F)(F)F)cc(O)c2F)c2cnc(N3CCN(S(C)(=O)=O)CC3)cc21. The molecule has 0 atom stereocenters. The zero-order valence-electron chi connectivity index (χ0n) is 17.1. The van der Waals surface area contributed by atoms with E-state index in [1.54, 1.807) is 13.1 Å². The lowest BCUT2D eigenvalue weighted by Gasteiger charge is -2.33. The van der Waals surface area contributed by atoms with Gasteiger partial charge in [0.1, 0.15) is 11.5 Å². The molecule has 172 valence electrons.